The summed E-state index contributed by atoms with van der Waals surface area (Å²) in [6.07, 6.45) is 2.40. The van der Waals surface area contributed by atoms with Gasteiger partial charge in [-0.15, -0.1) is 0 Å². The molecule has 94 valence electrons. The zero-order valence-electron chi connectivity index (χ0n) is 9.24. The topological polar surface area (TPSA) is 112 Å². The van der Waals surface area contributed by atoms with Crippen molar-refractivity contribution in [1.82, 2.24) is 15.2 Å². The van der Waals surface area contributed by atoms with E-state index in [1.807, 2.05) is 0 Å². The van der Waals surface area contributed by atoms with Crippen LogP contribution in [-0.4, -0.2) is 38.7 Å². The van der Waals surface area contributed by atoms with Crippen LogP contribution in [0.2, 0.25) is 0 Å². The van der Waals surface area contributed by atoms with E-state index in [1.165, 1.54) is 23.6 Å². The van der Waals surface area contributed by atoms with E-state index in [0.29, 0.717) is 0 Å². The standard InChI is InChI=1S/C10H10N4O4/c15-8(16)3-4-14(10-11-6-12-13-10)9(17)7-2-1-5-18-7/h1-2,5-6H,3-4H2,(H,15,16)(H,11,12,13). The highest BCUT2D eigenvalue weighted by Crippen LogP contribution is 2.12. The molecule has 2 aromatic rings. The zero-order valence-corrected chi connectivity index (χ0v) is 9.24. The summed E-state index contributed by atoms with van der Waals surface area (Å²) in [6, 6.07) is 3.06. The number of carboxylic acid groups (broad SMARTS) is 1. The van der Waals surface area contributed by atoms with Crippen molar-refractivity contribution in [2.75, 3.05) is 11.4 Å². The summed E-state index contributed by atoms with van der Waals surface area (Å²) in [7, 11) is 0. The molecule has 8 heteroatoms. The number of nitrogens with zero attached hydrogens (tertiary/aromatic N) is 3. The minimum Gasteiger partial charge on any atom is -0.481 e. The number of aromatic amines is 1. The number of hydrogen-bond donors (Lipinski definition) is 2. The maximum Gasteiger partial charge on any atom is 0.305 e. The fourth-order valence-corrected chi connectivity index (χ4v) is 1.37. The molecule has 0 saturated carbocycles. The van der Waals surface area contributed by atoms with Crippen LogP contribution in [0.1, 0.15) is 17.0 Å². The van der Waals surface area contributed by atoms with Crippen LogP contribution >= 0.6 is 0 Å². The average molecular weight is 250 g/mol. The Morgan fingerprint density at radius 1 is 1.50 bits per heavy atom. The molecular weight excluding hydrogens is 240 g/mol. The van der Waals surface area contributed by atoms with Crippen molar-refractivity contribution in [1.29, 1.82) is 0 Å². The summed E-state index contributed by atoms with van der Waals surface area (Å²) >= 11 is 0. The molecule has 0 aliphatic heterocycles. The van der Waals surface area contributed by atoms with Crippen molar-refractivity contribution in [3.63, 3.8) is 0 Å². The van der Waals surface area contributed by atoms with Gasteiger partial charge in [0.05, 0.1) is 12.7 Å². The van der Waals surface area contributed by atoms with Gasteiger partial charge in [-0.2, -0.15) is 10.1 Å². The van der Waals surface area contributed by atoms with Crippen molar-refractivity contribution in [3.05, 3.63) is 30.5 Å². The van der Waals surface area contributed by atoms with Crippen LogP contribution in [0.25, 0.3) is 0 Å². The first kappa shape index (κ1) is 11.8. The molecule has 0 radical (unpaired) electrons. The summed E-state index contributed by atoms with van der Waals surface area (Å²) in [5.74, 6) is -1.20. The molecule has 0 unspecified atom stereocenters. The molecule has 0 aliphatic carbocycles. The molecule has 0 fully saturated rings. The number of aliphatic carboxylic acids is 1. The lowest BCUT2D eigenvalue weighted by Crippen LogP contribution is -2.33. The van der Waals surface area contributed by atoms with Crippen LogP contribution in [0, 0.1) is 0 Å². The van der Waals surface area contributed by atoms with Crippen molar-refractivity contribution in [2.45, 2.75) is 6.42 Å². The predicted octanol–water partition coefficient (Wildman–Crippen LogP) is 0.519. The van der Waals surface area contributed by atoms with Crippen LogP contribution in [-0.2, 0) is 4.79 Å². The van der Waals surface area contributed by atoms with Gasteiger partial charge in [-0.1, -0.05) is 0 Å². The number of H-pyrrole nitrogens is 1. The third kappa shape index (κ3) is 2.54. The van der Waals surface area contributed by atoms with Gasteiger partial charge in [-0.3, -0.25) is 14.5 Å². The molecule has 2 N–H and O–H groups in total. The Labute approximate surface area is 101 Å². The second-order valence-electron chi connectivity index (χ2n) is 3.39. The van der Waals surface area contributed by atoms with Gasteiger partial charge >= 0.3 is 5.97 Å². The van der Waals surface area contributed by atoms with Crippen LogP contribution in [0.3, 0.4) is 0 Å². The number of carbonyl (C=O) groups is 2. The minimum atomic E-state index is -1.01. The summed E-state index contributed by atoms with van der Waals surface area (Å²) < 4.78 is 4.98. The fourth-order valence-electron chi connectivity index (χ4n) is 1.37. The lowest BCUT2D eigenvalue weighted by atomic mass is 10.3. The Morgan fingerprint density at radius 2 is 2.33 bits per heavy atom. The summed E-state index contributed by atoms with van der Waals surface area (Å²) in [5, 5.41) is 14.8. The predicted molar refractivity (Wildman–Crippen MR) is 59.0 cm³/mol. The lowest BCUT2D eigenvalue weighted by molar-refractivity contribution is -0.136. The zero-order chi connectivity index (χ0) is 13.0. The highest BCUT2D eigenvalue weighted by molar-refractivity contribution is 6.03. The monoisotopic (exact) mass is 250 g/mol. The van der Waals surface area contributed by atoms with Crippen LogP contribution in [0.5, 0.6) is 0 Å². The van der Waals surface area contributed by atoms with E-state index in [9.17, 15) is 9.59 Å². The van der Waals surface area contributed by atoms with E-state index < -0.39 is 11.9 Å². The number of hydrogen-bond acceptors (Lipinski definition) is 5. The number of anilines is 1. The molecule has 8 nitrogen and oxygen atoms in total. The summed E-state index contributed by atoms with van der Waals surface area (Å²) in [4.78, 5) is 27.6. The fraction of sp³-hybridized carbons (Fsp3) is 0.200. The molecule has 1 amide bonds. The van der Waals surface area contributed by atoms with E-state index in [4.69, 9.17) is 9.52 Å². The maximum atomic E-state index is 12.1. The molecule has 2 aromatic heterocycles. The van der Waals surface area contributed by atoms with Gasteiger partial charge < -0.3 is 9.52 Å². The SMILES string of the molecule is O=C(O)CCN(C(=O)c1ccco1)c1ncn[nH]1. The van der Waals surface area contributed by atoms with Crippen LogP contribution < -0.4 is 4.90 Å². The molecule has 0 aliphatic rings. The molecule has 0 aromatic carbocycles. The molecule has 2 heterocycles. The number of rotatable bonds is 5. The van der Waals surface area contributed by atoms with E-state index in [0.717, 1.165) is 0 Å². The van der Waals surface area contributed by atoms with Crippen molar-refractivity contribution in [2.24, 2.45) is 0 Å². The van der Waals surface area contributed by atoms with Crippen LogP contribution in [0.4, 0.5) is 5.95 Å². The Kier molecular flexibility index (Phi) is 3.37. The Morgan fingerprint density at radius 3 is 2.89 bits per heavy atom. The molecule has 18 heavy (non-hydrogen) atoms. The third-order valence-electron chi connectivity index (χ3n) is 2.18. The second-order valence-corrected chi connectivity index (χ2v) is 3.39. The van der Waals surface area contributed by atoms with Crippen molar-refractivity contribution >= 4 is 17.8 Å². The van der Waals surface area contributed by atoms with E-state index >= 15 is 0 Å². The number of amides is 1. The molecule has 0 saturated heterocycles. The summed E-state index contributed by atoms with van der Waals surface area (Å²) in [6.45, 7) is -0.0238. The van der Waals surface area contributed by atoms with Gasteiger partial charge in [0, 0.05) is 6.54 Å². The maximum absolute atomic E-state index is 12.1. The number of nitrogens with one attached hydrogen (secondary N) is 1. The third-order valence-corrected chi connectivity index (χ3v) is 2.18. The average Bonchev–Trinajstić information content (AvgIpc) is 3.01. The highest BCUT2D eigenvalue weighted by atomic mass is 16.4. The van der Waals surface area contributed by atoms with Gasteiger partial charge in [0.25, 0.3) is 5.91 Å². The molecule has 2 rings (SSSR count). The van der Waals surface area contributed by atoms with Gasteiger partial charge in [-0.05, 0) is 12.1 Å². The Balaban J connectivity index is 2.19. The second kappa shape index (κ2) is 5.13. The van der Waals surface area contributed by atoms with Gasteiger partial charge in [0.15, 0.2) is 5.76 Å². The first-order valence-electron chi connectivity index (χ1n) is 5.11. The number of carbonyl (C=O) groups excluding carboxylic acids is 1. The van der Waals surface area contributed by atoms with Gasteiger partial charge in [-0.25, -0.2) is 5.10 Å². The molecule has 0 atom stereocenters. The number of furan rings is 1. The minimum absolute atomic E-state index is 0.0238. The van der Waals surface area contributed by atoms with Crippen LogP contribution in [0.15, 0.2) is 29.1 Å². The van der Waals surface area contributed by atoms with Crippen molar-refractivity contribution < 1.29 is 19.1 Å². The quantitative estimate of drug-likeness (QED) is 0.799. The first-order chi connectivity index (χ1) is 8.68. The largest absolute Gasteiger partial charge is 0.481 e. The Bertz CT molecular complexity index is 520. The molecular formula is C10H10N4O4. The molecule has 0 bridgehead atoms. The van der Waals surface area contributed by atoms with E-state index in [1.54, 1.807) is 6.07 Å². The number of carboxylic acids is 1. The normalized spacial score (nSPS) is 10.2. The lowest BCUT2D eigenvalue weighted by Gasteiger charge is -2.16. The number of aromatic nitrogens is 3. The van der Waals surface area contributed by atoms with Gasteiger partial charge in [0.1, 0.15) is 6.33 Å². The van der Waals surface area contributed by atoms with E-state index in [2.05, 4.69) is 15.2 Å². The molecule has 0 spiro atoms. The van der Waals surface area contributed by atoms with Gasteiger partial charge in [0.2, 0.25) is 5.95 Å². The van der Waals surface area contributed by atoms with Crippen molar-refractivity contribution in [3.8, 4) is 0 Å². The highest BCUT2D eigenvalue weighted by Gasteiger charge is 2.22. The Hall–Kier alpha value is -2.64. The van der Waals surface area contributed by atoms with E-state index in [-0.39, 0.29) is 24.7 Å². The first-order valence-corrected chi connectivity index (χ1v) is 5.11. The smallest absolute Gasteiger partial charge is 0.305 e. The summed E-state index contributed by atoms with van der Waals surface area (Å²) in [5.41, 5.74) is 0.